The van der Waals surface area contributed by atoms with Crippen LogP contribution in [0, 0.1) is 13.8 Å². The van der Waals surface area contributed by atoms with E-state index in [9.17, 15) is 25.9 Å². The fourth-order valence-electron chi connectivity index (χ4n) is 3.88. The first kappa shape index (κ1) is 18.8. The third-order valence-corrected chi connectivity index (χ3v) is 6.85. The summed E-state index contributed by atoms with van der Waals surface area (Å²) in [5.41, 5.74) is 1.25. The predicted molar refractivity (Wildman–Crippen MR) is 108 cm³/mol. The van der Waals surface area contributed by atoms with Crippen LogP contribution >= 0.6 is 0 Å². The summed E-state index contributed by atoms with van der Waals surface area (Å²) < 4.78 is 66.7. The van der Waals surface area contributed by atoms with Gasteiger partial charge in [-0.05, 0) is 64.0 Å². The van der Waals surface area contributed by atoms with Crippen molar-refractivity contribution >= 4 is 52.6 Å². The molecule has 4 aromatic carbocycles. The van der Waals surface area contributed by atoms with Gasteiger partial charge >= 0.3 is 0 Å². The second kappa shape index (κ2) is 5.99. The third kappa shape index (κ3) is 2.77. The molecule has 0 bridgehead atoms. The number of fused-ring (bicyclic) bond motifs is 4. The van der Waals surface area contributed by atoms with Crippen molar-refractivity contribution in [2.24, 2.45) is 0 Å². The minimum absolute atomic E-state index is 0.232. The quantitative estimate of drug-likeness (QED) is 0.287. The molecule has 0 radical (unpaired) electrons. The molecule has 0 saturated heterocycles. The topological polar surface area (TPSA) is 109 Å². The summed E-state index contributed by atoms with van der Waals surface area (Å²) in [7, 11) is -9.42. The van der Waals surface area contributed by atoms with Gasteiger partial charge in [0, 0.05) is 5.39 Å². The Hall–Kier alpha value is -2.52. The standard InChI is InChI=1S/C20H16O6S2/c1-11-15-8-7-13-5-3-4-6-16(13)19(15)12(2)17-9-14(27(21,22)23)10-18(20(11)17)28(24,25)26/h3-10H,1-2H3,(H,21,22,23)(H,24,25,26). The second-order valence-electron chi connectivity index (χ2n) is 6.75. The van der Waals surface area contributed by atoms with Crippen molar-refractivity contribution in [1.82, 2.24) is 0 Å². The summed E-state index contributed by atoms with van der Waals surface area (Å²) in [4.78, 5) is -1.14. The van der Waals surface area contributed by atoms with E-state index in [2.05, 4.69) is 0 Å². The van der Waals surface area contributed by atoms with E-state index in [4.69, 9.17) is 0 Å². The molecule has 0 atom stereocenters. The third-order valence-electron chi connectivity index (χ3n) is 5.14. The Morgan fingerprint density at radius 1 is 0.679 bits per heavy atom. The van der Waals surface area contributed by atoms with Crippen LogP contribution in [-0.4, -0.2) is 25.9 Å². The van der Waals surface area contributed by atoms with Crippen molar-refractivity contribution in [1.29, 1.82) is 0 Å². The van der Waals surface area contributed by atoms with Crippen LogP contribution in [0.25, 0.3) is 32.3 Å². The molecule has 0 spiro atoms. The van der Waals surface area contributed by atoms with Gasteiger partial charge in [0.1, 0.15) is 4.90 Å². The normalized spacial score (nSPS) is 12.9. The molecule has 0 aliphatic heterocycles. The monoisotopic (exact) mass is 416 g/mol. The number of rotatable bonds is 2. The summed E-state index contributed by atoms with van der Waals surface area (Å²) in [6.45, 7) is 3.48. The molecule has 144 valence electrons. The summed E-state index contributed by atoms with van der Waals surface area (Å²) >= 11 is 0. The highest BCUT2D eigenvalue weighted by atomic mass is 32.2. The summed E-state index contributed by atoms with van der Waals surface area (Å²) in [5.74, 6) is 0. The van der Waals surface area contributed by atoms with Crippen molar-refractivity contribution in [3.05, 3.63) is 59.7 Å². The molecule has 6 nitrogen and oxygen atoms in total. The average Bonchev–Trinajstić information content (AvgIpc) is 2.62. The number of hydrogen-bond donors (Lipinski definition) is 2. The van der Waals surface area contributed by atoms with Gasteiger partial charge in [0.15, 0.2) is 0 Å². The molecule has 0 aliphatic rings. The predicted octanol–water partition coefficient (Wildman–Crippen LogP) is 4.26. The highest BCUT2D eigenvalue weighted by molar-refractivity contribution is 7.86. The summed E-state index contributed by atoms with van der Waals surface area (Å²) in [6, 6.07) is 13.5. The van der Waals surface area contributed by atoms with E-state index in [0.29, 0.717) is 16.5 Å². The highest BCUT2D eigenvalue weighted by Gasteiger charge is 2.24. The lowest BCUT2D eigenvalue weighted by atomic mass is 9.90. The highest BCUT2D eigenvalue weighted by Crippen LogP contribution is 2.40. The Labute approximate surface area is 161 Å². The van der Waals surface area contributed by atoms with Gasteiger partial charge in [0.05, 0.1) is 4.90 Å². The second-order valence-corrected chi connectivity index (χ2v) is 9.56. The minimum atomic E-state index is -4.74. The first-order valence-corrected chi connectivity index (χ1v) is 11.2. The Kier molecular flexibility index (Phi) is 4.03. The summed E-state index contributed by atoms with van der Waals surface area (Å²) in [5, 5.41) is 4.15. The van der Waals surface area contributed by atoms with E-state index in [1.54, 1.807) is 13.8 Å². The molecule has 0 aliphatic carbocycles. The van der Waals surface area contributed by atoms with Gasteiger partial charge in [0.25, 0.3) is 20.2 Å². The van der Waals surface area contributed by atoms with Gasteiger partial charge in [-0.3, -0.25) is 9.11 Å². The summed E-state index contributed by atoms with van der Waals surface area (Å²) in [6.07, 6.45) is 0. The maximum absolute atomic E-state index is 12.0. The van der Waals surface area contributed by atoms with Gasteiger partial charge in [0.2, 0.25) is 0 Å². The molecular weight excluding hydrogens is 400 g/mol. The van der Waals surface area contributed by atoms with Gasteiger partial charge in [-0.2, -0.15) is 16.8 Å². The van der Waals surface area contributed by atoms with E-state index in [-0.39, 0.29) is 5.39 Å². The number of aryl methyl sites for hydroxylation is 2. The van der Waals surface area contributed by atoms with Crippen LogP contribution in [0.2, 0.25) is 0 Å². The molecule has 0 fully saturated rings. The maximum Gasteiger partial charge on any atom is 0.295 e. The van der Waals surface area contributed by atoms with E-state index < -0.39 is 30.0 Å². The Morgan fingerprint density at radius 3 is 1.96 bits per heavy atom. The molecule has 4 rings (SSSR count). The van der Waals surface area contributed by atoms with Crippen LogP contribution in [0.3, 0.4) is 0 Å². The fraction of sp³-hybridized carbons (Fsp3) is 0.100. The van der Waals surface area contributed by atoms with Crippen molar-refractivity contribution in [3.63, 3.8) is 0 Å². The molecule has 0 amide bonds. The average molecular weight is 416 g/mol. The molecular formula is C20H16O6S2. The molecule has 8 heteroatoms. The zero-order valence-corrected chi connectivity index (χ0v) is 16.6. The molecule has 28 heavy (non-hydrogen) atoms. The SMILES string of the molecule is Cc1c2ccc3ccccc3c2c(C)c2cc(S(=O)(=O)O)cc(S(=O)(=O)O)c12. The smallest absolute Gasteiger partial charge is 0.282 e. The van der Waals surface area contributed by atoms with Crippen molar-refractivity contribution in [3.8, 4) is 0 Å². The zero-order chi connectivity index (χ0) is 20.4. The largest absolute Gasteiger partial charge is 0.295 e. The molecule has 2 N–H and O–H groups in total. The maximum atomic E-state index is 12.0. The van der Waals surface area contributed by atoms with Crippen molar-refractivity contribution in [2.75, 3.05) is 0 Å². The number of hydrogen-bond acceptors (Lipinski definition) is 4. The molecule has 0 aromatic heterocycles. The van der Waals surface area contributed by atoms with Crippen LogP contribution in [0.5, 0.6) is 0 Å². The lowest BCUT2D eigenvalue weighted by Crippen LogP contribution is -2.06. The Balaban J connectivity index is 2.38. The van der Waals surface area contributed by atoms with E-state index >= 15 is 0 Å². The van der Waals surface area contributed by atoms with E-state index in [0.717, 1.165) is 27.6 Å². The van der Waals surface area contributed by atoms with Crippen LogP contribution in [0.15, 0.2) is 58.3 Å². The molecule has 0 heterocycles. The van der Waals surface area contributed by atoms with E-state index in [1.165, 1.54) is 6.07 Å². The first-order chi connectivity index (χ1) is 13.0. The molecule has 4 aromatic rings. The van der Waals surface area contributed by atoms with Gasteiger partial charge in [-0.25, -0.2) is 0 Å². The Bertz CT molecular complexity index is 1520. The first-order valence-electron chi connectivity index (χ1n) is 8.33. The van der Waals surface area contributed by atoms with Gasteiger partial charge < -0.3 is 0 Å². The fourth-order valence-corrected chi connectivity index (χ4v) is 5.29. The lowest BCUT2D eigenvalue weighted by molar-refractivity contribution is 0.482. The number of benzene rings is 4. The van der Waals surface area contributed by atoms with Crippen LogP contribution in [0.1, 0.15) is 11.1 Å². The van der Waals surface area contributed by atoms with Crippen molar-refractivity contribution in [2.45, 2.75) is 23.6 Å². The zero-order valence-electron chi connectivity index (χ0n) is 15.0. The Morgan fingerprint density at radius 2 is 1.32 bits per heavy atom. The van der Waals surface area contributed by atoms with E-state index in [1.807, 2.05) is 36.4 Å². The molecule has 0 saturated carbocycles. The van der Waals surface area contributed by atoms with Gasteiger partial charge in [-0.1, -0.05) is 36.4 Å². The van der Waals surface area contributed by atoms with Crippen LogP contribution in [-0.2, 0) is 20.2 Å². The van der Waals surface area contributed by atoms with Gasteiger partial charge in [-0.15, -0.1) is 0 Å². The molecule has 0 unspecified atom stereocenters. The van der Waals surface area contributed by atoms with Crippen molar-refractivity contribution < 1.29 is 25.9 Å². The van der Waals surface area contributed by atoms with Crippen LogP contribution in [0.4, 0.5) is 0 Å². The van der Waals surface area contributed by atoms with Crippen LogP contribution < -0.4 is 0 Å². The minimum Gasteiger partial charge on any atom is -0.282 e. The lowest BCUT2D eigenvalue weighted by Gasteiger charge is -2.17.